The number of halogens is 1. The summed E-state index contributed by atoms with van der Waals surface area (Å²) in [5.41, 5.74) is -0.0893. The van der Waals surface area contributed by atoms with E-state index in [0.29, 0.717) is 18.5 Å². The van der Waals surface area contributed by atoms with Gasteiger partial charge in [-0.15, -0.1) is 0 Å². The molecule has 0 aliphatic carbocycles. The van der Waals surface area contributed by atoms with Crippen molar-refractivity contribution in [1.82, 2.24) is 0 Å². The molecule has 0 radical (unpaired) electrons. The van der Waals surface area contributed by atoms with Crippen LogP contribution in [0.3, 0.4) is 0 Å². The third kappa shape index (κ3) is 3.92. The van der Waals surface area contributed by atoms with Gasteiger partial charge in [-0.3, -0.25) is 10.1 Å². The SMILES string of the molecule is CCOP(=S)(CC)Oc1ccc([N+](=O)[O-])cc1Cl. The topological polar surface area (TPSA) is 61.6 Å². The summed E-state index contributed by atoms with van der Waals surface area (Å²) in [5, 5.41) is 10.7. The molecule has 0 aliphatic heterocycles. The van der Waals surface area contributed by atoms with E-state index in [1.54, 1.807) is 0 Å². The number of benzene rings is 1. The van der Waals surface area contributed by atoms with Crippen molar-refractivity contribution in [2.24, 2.45) is 0 Å². The van der Waals surface area contributed by atoms with Crippen LogP contribution in [0.5, 0.6) is 5.75 Å². The van der Waals surface area contributed by atoms with Crippen LogP contribution in [0.2, 0.25) is 5.02 Å². The maximum Gasteiger partial charge on any atom is 0.271 e. The number of non-ortho nitro benzene ring substituents is 1. The first-order valence-electron chi connectivity index (χ1n) is 5.29. The Morgan fingerprint density at radius 2 is 2.17 bits per heavy atom. The molecular weight excluding hydrogens is 297 g/mol. The lowest BCUT2D eigenvalue weighted by Crippen LogP contribution is -2.00. The van der Waals surface area contributed by atoms with Crippen molar-refractivity contribution in [3.8, 4) is 5.75 Å². The number of rotatable bonds is 6. The average molecular weight is 310 g/mol. The first kappa shape index (κ1) is 15.4. The second-order valence-electron chi connectivity index (χ2n) is 3.31. The molecule has 0 fully saturated rings. The lowest BCUT2D eigenvalue weighted by Gasteiger charge is -2.21. The highest BCUT2D eigenvalue weighted by Gasteiger charge is 2.20. The van der Waals surface area contributed by atoms with Gasteiger partial charge in [0.1, 0.15) is 5.75 Å². The molecule has 8 heteroatoms. The number of hydrogen-bond acceptors (Lipinski definition) is 5. The predicted octanol–water partition coefficient (Wildman–Crippen LogP) is 3.99. The third-order valence-corrected chi connectivity index (χ3v) is 5.59. The smallest absolute Gasteiger partial charge is 0.271 e. The van der Waals surface area contributed by atoms with E-state index in [2.05, 4.69) is 0 Å². The zero-order valence-electron chi connectivity index (χ0n) is 9.96. The van der Waals surface area contributed by atoms with Crippen LogP contribution in [0.25, 0.3) is 0 Å². The van der Waals surface area contributed by atoms with E-state index in [1.165, 1.54) is 18.2 Å². The second-order valence-corrected chi connectivity index (χ2v) is 7.68. The third-order valence-electron chi connectivity index (χ3n) is 2.08. The molecule has 1 unspecified atom stereocenters. The summed E-state index contributed by atoms with van der Waals surface area (Å²) < 4.78 is 11.0. The van der Waals surface area contributed by atoms with Gasteiger partial charge in [0.15, 0.2) is 0 Å². The lowest BCUT2D eigenvalue weighted by atomic mass is 10.3. The molecule has 0 heterocycles. The quantitative estimate of drug-likeness (QED) is 0.451. The standard InChI is InChI=1S/C10H13ClNO4PS/c1-3-15-17(18,4-2)16-10-6-5-8(12(13)14)7-9(10)11/h5-7H,3-4H2,1-2H3. The Labute approximate surface area is 115 Å². The Hall–Kier alpha value is -0.680. The summed E-state index contributed by atoms with van der Waals surface area (Å²) >= 11 is 11.2. The fourth-order valence-electron chi connectivity index (χ4n) is 1.21. The fraction of sp³-hybridized carbons (Fsp3) is 0.400. The van der Waals surface area contributed by atoms with E-state index in [1.807, 2.05) is 13.8 Å². The van der Waals surface area contributed by atoms with Crippen molar-refractivity contribution < 1.29 is 14.0 Å². The molecule has 0 aliphatic rings. The highest BCUT2D eigenvalue weighted by molar-refractivity contribution is 8.10. The Morgan fingerprint density at radius 1 is 1.50 bits per heavy atom. The summed E-state index contributed by atoms with van der Waals surface area (Å²) in [6.07, 6.45) is 0.559. The van der Waals surface area contributed by atoms with Crippen LogP contribution in [0.4, 0.5) is 5.69 Å². The molecule has 1 atom stereocenters. The predicted molar refractivity (Wildman–Crippen MR) is 75.2 cm³/mol. The first-order chi connectivity index (χ1) is 8.41. The van der Waals surface area contributed by atoms with Gasteiger partial charge in [-0.1, -0.05) is 18.5 Å². The Balaban J connectivity index is 2.98. The average Bonchev–Trinajstić information content (AvgIpc) is 2.32. The monoisotopic (exact) mass is 309 g/mol. The zero-order chi connectivity index (χ0) is 13.8. The van der Waals surface area contributed by atoms with Crippen LogP contribution in [0, 0.1) is 10.1 Å². The normalized spacial score (nSPS) is 13.9. The van der Waals surface area contributed by atoms with Crippen molar-refractivity contribution in [2.45, 2.75) is 13.8 Å². The number of nitro benzene ring substituents is 1. The molecule has 1 aromatic rings. The van der Waals surface area contributed by atoms with E-state index >= 15 is 0 Å². The molecule has 0 aromatic heterocycles. The summed E-state index contributed by atoms with van der Waals surface area (Å²) in [6, 6.07) is 4.00. The van der Waals surface area contributed by atoms with E-state index in [9.17, 15) is 10.1 Å². The van der Waals surface area contributed by atoms with Gasteiger partial charge < -0.3 is 9.05 Å². The lowest BCUT2D eigenvalue weighted by molar-refractivity contribution is -0.384. The van der Waals surface area contributed by atoms with Gasteiger partial charge >= 0.3 is 0 Å². The van der Waals surface area contributed by atoms with Crippen LogP contribution in [-0.2, 0) is 16.3 Å². The minimum Gasteiger partial charge on any atom is -0.442 e. The molecule has 0 N–H and O–H groups in total. The Kier molecular flexibility index (Phi) is 5.53. The van der Waals surface area contributed by atoms with Crippen molar-refractivity contribution >= 4 is 35.6 Å². The molecule has 100 valence electrons. The maximum atomic E-state index is 10.6. The van der Waals surface area contributed by atoms with E-state index in [4.69, 9.17) is 32.5 Å². The largest absolute Gasteiger partial charge is 0.442 e. The van der Waals surface area contributed by atoms with Crippen LogP contribution in [-0.4, -0.2) is 17.7 Å². The maximum absolute atomic E-state index is 10.6. The molecule has 5 nitrogen and oxygen atoms in total. The van der Waals surface area contributed by atoms with Crippen molar-refractivity contribution in [3.63, 3.8) is 0 Å². The van der Waals surface area contributed by atoms with E-state index in [-0.39, 0.29) is 10.7 Å². The molecule has 18 heavy (non-hydrogen) atoms. The number of nitro groups is 1. The summed E-state index contributed by atoms with van der Waals surface area (Å²) in [6.45, 7) is 1.75. The van der Waals surface area contributed by atoms with E-state index < -0.39 is 11.4 Å². The Bertz CT molecular complexity index is 497. The Morgan fingerprint density at radius 3 is 2.61 bits per heavy atom. The van der Waals surface area contributed by atoms with Crippen LogP contribution in [0.1, 0.15) is 13.8 Å². The van der Waals surface area contributed by atoms with Gasteiger partial charge in [-0.25, -0.2) is 0 Å². The molecule has 1 rings (SSSR count). The number of nitrogens with zero attached hydrogens (tertiary/aromatic N) is 1. The van der Waals surface area contributed by atoms with Gasteiger partial charge in [0.05, 0.1) is 16.6 Å². The highest BCUT2D eigenvalue weighted by atomic mass is 35.5. The molecule has 0 amide bonds. The van der Waals surface area contributed by atoms with Crippen molar-refractivity contribution in [1.29, 1.82) is 0 Å². The fourth-order valence-corrected chi connectivity index (χ4v) is 3.25. The summed E-state index contributed by atoms with van der Waals surface area (Å²) in [5.74, 6) is 0.320. The van der Waals surface area contributed by atoms with Crippen LogP contribution >= 0.6 is 18.1 Å². The van der Waals surface area contributed by atoms with Crippen LogP contribution < -0.4 is 4.52 Å². The second kappa shape index (κ2) is 6.48. The van der Waals surface area contributed by atoms with Gasteiger partial charge in [-0.2, -0.15) is 0 Å². The highest BCUT2D eigenvalue weighted by Crippen LogP contribution is 2.49. The number of hydrogen-bond donors (Lipinski definition) is 0. The van der Waals surface area contributed by atoms with Crippen molar-refractivity contribution in [3.05, 3.63) is 33.3 Å². The van der Waals surface area contributed by atoms with Gasteiger partial charge in [0.25, 0.3) is 5.69 Å². The van der Waals surface area contributed by atoms with Gasteiger partial charge in [0, 0.05) is 18.3 Å². The molecular formula is C10H13ClNO4PS. The first-order valence-corrected chi connectivity index (χ1v) is 8.49. The molecule has 0 spiro atoms. The van der Waals surface area contributed by atoms with Gasteiger partial charge in [0.2, 0.25) is 6.49 Å². The molecule has 0 saturated carbocycles. The minimum atomic E-state index is -2.41. The molecule has 0 bridgehead atoms. The summed E-state index contributed by atoms with van der Waals surface area (Å²) in [4.78, 5) is 10.1. The summed E-state index contributed by atoms with van der Waals surface area (Å²) in [7, 11) is 0. The zero-order valence-corrected chi connectivity index (χ0v) is 12.4. The molecule has 0 saturated heterocycles. The van der Waals surface area contributed by atoms with Crippen LogP contribution in [0.15, 0.2) is 18.2 Å². The van der Waals surface area contributed by atoms with E-state index in [0.717, 1.165) is 0 Å². The molecule has 1 aromatic carbocycles. The van der Waals surface area contributed by atoms with Crippen molar-refractivity contribution in [2.75, 3.05) is 12.8 Å². The minimum absolute atomic E-state index is 0.0893. The van der Waals surface area contributed by atoms with Gasteiger partial charge in [-0.05, 0) is 24.8 Å².